The van der Waals surface area contributed by atoms with Crippen molar-refractivity contribution in [1.29, 1.82) is 0 Å². The third-order valence-corrected chi connectivity index (χ3v) is 5.00. The summed E-state index contributed by atoms with van der Waals surface area (Å²) in [6.07, 6.45) is 1.93. The third kappa shape index (κ3) is 4.52. The molecule has 1 unspecified atom stereocenters. The van der Waals surface area contributed by atoms with Gasteiger partial charge >= 0.3 is 0 Å². The minimum absolute atomic E-state index is 0. The van der Waals surface area contributed by atoms with E-state index in [4.69, 9.17) is 11.6 Å². The standard InChI is InChI=1S/C11H14ClN3O4S.ClH/c12-10-6-9(15(16)17)3-4-11(10)20(18,19)14-7-8-2-1-5-13-8;/h3-4,6,8,13-14H,1-2,5,7H2;1H. The summed E-state index contributed by atoms with van der Waals surface area (Å²) in [4.78, 5) is 9.81. The summed E-state index contributed by atoms with van der Waals surface area (Å²) >= 11 is 5.81. The second-order valence-electron chi connectivity index (χ2n) is 4.52. The first-order valence-electron chi connectivity index (χ1n) is 6.07. The highest BCUT2D eigenvalue weighted by Gasteiger charge is 2.22. The van der Waals surface area contributed by atoms with Crippen LogP contribution in [0, 0.1) is 10.1 Å². The van der Waals surface area contributed by atoms with Crippen molar-refractivity contribution in [2.75, 3.05) is 13.1 Å². The van der Waals surface area contributed by atoms with Crippen LogP contribution in [0.15, 0.2) is 23.1 Å². The largest absolute Gasteiger partial charge is 0.313 e. The average molecular weight is 356 g/mol. The maximum atomic E-state index is 12.1. The second kappa shape index (κ2) is 7.37. The zero-order valence-electron chi connectivity index (χ0n) is 10.9. The molecule has 7 nitrogen and oxygen atoms in total. The van der Waals surface area contributed by atoms with Crippen molar-refractivity contribution in [3.05, 3.63) is 33.3 Å². The van der Waals surface area contributed by atoms with Crippen molar-refractivity contribution in [3.63, 3.8) is 0 Å². The molecule has 2 rings (SSSR count). The topological polar surface area (TPSA) is 101 Å². The molecule has 0 radical (unpaired) electrons. The highest BCUT2D eigenvalue weighted by atomic mass is 35.5. The molecule has 0 spiro atoms. The monoisotopic (exact) mass is 355 g/mol. The van der Waals surface area contributed by atoms with Crippen molar-refractivity contribution in [3.8, 4) is 0 Å². The van der Waals surface area contributed by atoms with Crippen molar-refractivity contribution in [1.82, 2.24) is 10.0 Å². The Kier molecular flexibility index (Phi) is 6.36. The summed E-state index contributed by atoms with van der Waals surface area (Å²) in [5.74, 6) is 0. The van der Waals surface area contributed by atoms with Crippen molar-refractivity contribution >= 4 is 39.7 Å². The minimum atomic E-state index is -3.77. The molecule has 0 bridgehead atoms. The van der Waals surface area contributed by atoms with Gasteiger partial charge in [0.25, 0.3) is 5.69 Å². The summed E-state index contributed by atoms with van der Waals surface area (Å²) in [7, 11) is -3.77. The van der Waals surface area contributed by atoms with Gasteiger partial charge in [-0.3, -0.25) is 10.1 Å². The van der Waals surface area contributed by atoms with Gasteiger partial charge in [0.2, 0.25) is 10.0 Å². The van der Waals surface area contributed by atoms with E-state index in [-0.39, 0.29) is 40.6 Å². The summed E-state index contributed by atoms with van der Waals surface area (Å²) in [6.45, 7) is 1.15. The lowest BCUT2D eigenvalue weighted by atomic mass is 10.2. The lowest BCUT2D eigenvalue weighted by Crippen LogP contribution is -2.37. The molecule has 0 aromatic heterocycles. The maximum Gasteiger partial charge on any atom is 0.271 e. The van der Waals surface area contributed by atoms with Crippen molar-refractivity contribution in [2.45, 2.75) is 23.8 Å². The summed E-state index contributed by atoms with van der Waals surface area (Å²) < 4.78 is 26.7. The Morgan fingerprint density at radius 1 is 1.48 bits per heavy atom. The average Bonchev–Trinajstić information content (AvgIpc) is 2.89. The van der Waals surface area contributed by atoms with Gasteiger partial charge in [-0.2, -0.15) is 0 Å². The molecule has 1 aromatic rings. The Hall–Kier alpha value is -0.930. The van der Waals surface area contributed by atoms with Crippen LogP contribution in [-0.2, 0) is 10.0 Å². The summed E-state index contributed by atoms with van der Waals surface area (Å²) in [6, 6.07) is 3.41. The number of rotatable bonds is 5. The molecule has 1 fully saturated rings. The van der Waals surface area contributed by atoms with Gasteiger partial charge in [-0.15, -0.1) is 12.4 Å². The number of halogens is 2. The van der Waals surface area contributed by atoms with E-state index in [0.717, 1.165) is 37.6 Å². The molecule has 1 aromatic carbocycles. The van der Waals surface area contributed by atoms with E-state index in [2.05, 4.69) is 10.0 Å². The Bertz CT molecular complexity index is 618. The predicted molar refractivity (Wildman–Crippen MR) is 81.6 cm³/mol. The number of non-ortho nitro benzene ring substituents is 1. The fourth-order valence-electron chi connectivity index (χ4n) is 2.04. The molecule has 1 aliphatic heterocycles. The van der Waals surface area contributed by atoms with Crippen LogP contribution in [0.5, 0.6) is 0 Å². The van der Waals surface area contributed by atoms with E-state index < -0.39 is 14.9 Å². The molecule has 10 heteroatoms. The molecule has 1 aliphatic rings. The van der Waals surface area contributed by atoms with Crippen LogP contribution in [-0.4, -0.2) is 32.5 Å². The highest BCUT2D eigenvalue weighted by Crippen LogP contribution is 2.26. The first-order valence-corrected chi connectivity index (χ1v) is 7.93. The molecule has 1 atom stereocenters. The Morgan fingerprint density at radius 2 is 2.19 bits per heavy atom. The molecule has 2 N–H and O–H groups in total. The Morgan fingerprint density at radius 3 is 2.71 bits per heavy atom. The van der Waals surface area contributed by atoms with E-state index in [1.54, 1.807) is 0 Å². The SMILES string of the molecule is Cl.O=[N+]([O-])c1ccc(S(=O)(=O)NCC2CCCN2)c(Cl)c1. The first kappa shape index (κ1) is 18.1. The van der Waals surface area contributed by atoms with Gasteiger partial charge in [0.15, 0.2) is 0 Å². The van der Waals surface area contributed by atoms with Crippen LogP contribution in [0.2, 0.25) is 5.02 Å². The summed E-state index contributed by atoms with van der Waals surface area (Å²) in [5.41, 5.74) is -0.244. The molecule has 118 valence electrons. The van der Waals surface area contributed by atoms with Gasteiger partial charge in [0, 0.05) is 24.7 Å². The molecule has 1 heterocycles. The van der Waals surface area contributed by atoms with Crippen LogP contribution in [0.4, 0.5) is 5.69 Å². The molecule has 0 amide bonds. The normalized spacial score (nSPS) is 18.2. The van der Waals surface area contributed by atoms with Gasteiger partial charge in [-0.1, -0.05) is 11.6 Å². The second-order valence-corrected chi connectivity index (χ2v) is 6.66. The number of nitrogens with zero attached hydrogens (tertiary/aromatic N) is 1. The maximum absolute atomic E-state index is 12.1. The Balaban J connectivity index is 0.00000220. The number of benzene rings is 1. The highest BCUT2D eigenvalue weighted by molar-refractivity contribution is 7.89. The van der Waals surface area contributed by atoms with Crippen molar-refractivity contribution < 1.29 is 13.3 Å². The lowest BCUT2D eigenvalue weighted by molar-refractivity contribution is -0.384. The molecular weight excluding hydrogens is 341 g/mol. The molecule has 21 heavy (non-hydrogen) atoms. The van der Waals surface area contributed by atoms with Gasteiger partial charge in [0.05, 0.1) is 9.95 Å². The summed E-state index contributed by atoms with van der Waals surface area (Å²) in [5, 5.41) is 13.6. The fraction of sp³-hybridized carbons (Fsp3) is 0.455. The predicted octanol–water partition coefficient (Wildman–Crippen LogP) is 1.70. The van der Waals surface area contributed by atoms with Crippen LogP contribution in [0.1, 0.15) is 12.8 Å². The quantitative estimate of drug-likeness (QED) is 0.618. The van der Waals surface area contributed by atoms with E-state index >= 15 is 0 Å². The number of hydrogen-bond acceptors (Lipinski definition) is 5. The van der Waals surface area contributed by atoms with E-state index in [1.165, 1.54) is 0 Å². The smallest absolute Gasteiger partial charge is 0.271 e. The zero-order valence-corrected chi connectivity index (χ0v) is 13.3. The number of hydrogen-bond donors (Lipinski definition) is 2. The Labute approximate surface area is 133 Å². The fourth-order valence-corrected chi connectivity index (χ4v) is 3.66. The van der Waals surface area contributed by atoms with E-state index in [1.807, 2.05) is 0 Å². The number of nitro groups is 1. The molecule has 1 saturated heterocycles. The van der Waals surface area contributed by atoms with E-state index in [9.17, 15) is 18.5 Å². The lowest BCUT2D eigenvalue weighted by Gasteiger charge is -2.12. The minimum Gasteiger partial charge on any atom is -0.313 e. The van der Waals surface area contributed by atoms with Crippen LogP contribution in [0.3, 0.4) is 0 Å². The van der Waals surface area contributed by atoms with Gasteiger partial charge < -0.3 is 5.32 Å². The van der Waals surface area contributed by atoms with Crippen LogP contribution >= 0.6 is 24.0 Å². The number of nitro benzene ring substituents is 1. The van der Waals surface area contributed by atoms with Crippen LogP contribution < -0.4 is 10.0 Å². The first-order chi connectivity index (χ1) is 9.40. The number of nitrogens with one attached hydrogen (secondary N) is 2. The van der Waals surface area contributed by atoms with E-state index in [0.29, 0.717) is 0 Å². The van der Waals surface area contributed by atoms with Gasteiger partial charge in [0.1, 0.15) is 4.90 Å². The van der Waals surface area contributed by atoms with Gasteiger partial charge in [-0.05, 0) is 25.5 Å². The molecular formula is C11H15Cl2N3O4S. The zero-order chi connectivity index (χ0) is 14.8. The van der Waals surface area contributed by atoms with Gasteiger partial charge in [-0.25, -0.2) is 13.1 Å². The van der Waals surface area contributed by atoms with Crippen LogP contribution in [0.25, 0.3) is 0 Å². The third-order valence-electron chi connectivity index (χ3n) is 3.10. The molecule has 0 aliphatic carbocycles. The van der Waals surface area contributed by atoms with Crippen molar-refractivity contribution in [2.24, 2.45) is 0 Å². The number of sulfonamides is 1. The molecule has 0 saturated carbocycles.